The topological polar surface area (TPSA) is 75.3 Å². The fourth-order valence-electron chi connectivity index (χ4n) is 0.875. The summed E-state index contributed by atoms with van der Waals surface area (Å²) >= 11 is 0. The molecule has 1 unspecified atom stereocenters. The number of Topliss-reactive ketones (excluding diaryl/α,β-unsaturated/α-hetero) is 1. The average Bonchev–Trinajstić information content (AvgIpc) is 2.00. The van der Waals surface area contributed by atoms with E-state index in [0.29, 0.717) is 5.57 Å². The molecule has 2 N–H and O–H groups in total. The van der Waals surface area contributed by atoms with E-state index in [0.717, 1.165) is 0 Å². The lowest BCUT2D eigenvalue weighted by atomic mass is 10.3. The molecule has 2 amide bonds. The Morgan fingerprint density at radius 3 is 2.13 bits per heavy atom. The van der Waals surface area contributed by atoms with E-state index in [9.17, 15) is 14.4 Å². The van der Waals surface area contributed by atoms with Crippen LogP contribution in [0.2, 0.25) is 0 Å². The summed E-state index contributed by atoms with van der Waals surface area (Å²) in [6.07, 6.45) is -0.686. The van der Waals surface area contributed by atoms with E-state index in [4.69, 9.17) is 0 Å². The van der Waals surface area contributed by atoms with Gasteiger partial charge in [0.15, 0.2) is 0 Å². The quantitative estimate of drug-likeness (QED) is 0.386. The minimum Gasteiger partial charge on any atom is -0.336 e. The molecule has 0 heterocycles. The Hall–Kier alpha value is -1.65. The van der Waals surface area contributed by atoms with Crippen molar-refractivity contribution in [2.75, 3.05) is 0 Å². The zero-order valence-electron chi connectivity index (χ0n) is 9.22. The molecule has 0 aliphatic rings. The van der Waals surface area contributed by atoms with E-state index >= 15 is 0 Å². The molecule has 0 bridgehead atoms. The Bertz CT molecular complexity index is 297. The summed E-state index contributed by atoms with van der Waals surface area (Å²) in [5.74, 6) is -0.950. The predicted octanol–water partition coefficient (Wildman–Crippen LogP) is 0.120. The smallest absolute Gasteiger partial charge is 0.247 e. The molecular formula is C10H16N2O3. The van der Waals surface area contributed by atoms with E-state index in [2.05, 4.69) is 17.2 Å². The van der Waals surface area contributed by atoms with Crippen LogP contribution in [0.3, 0.4) is 0 Å². The van der Waals surface area contributed by atoms with Gasteiger partial charge >= 0.3 is 0 Å². The van der Waals surface area contributed by atoms with Crippen molar-refractivity contribution in [2.45, 2.75) is 33.4 Å². The van der Waals surface area contributed by atoms with Gasteiger partial charge in [0.1, 0.15) is 5.78 Å². The second-order valence-corrected chi connectivity index (χ2v) is 3.42. The van der Waals surface area contributed by atoms with Crippen molar-refractivity contribution in [2.24, 2.45) is 0 Å². The highest BCUT2D eigenvalue weighted by atomic mass is 16.2. The summed E-state index contributed by atoms with van der Waals surface area (Å²) in [5.41, 5.74) is 0.364. The van der Waals surface area contributed by atoms with Gasteiger partial charge in [-0.1, -0.05) is 6.58 Å². The van der Waals surface area contributed by atoms with Crippen molar-refractivity contribution < 1.29 is 14.4 Å². The number of nitrogens with one attached hydrogen (secondary N) is 2. The number of hydrogen-bond acceptors (Lipinski definition) is 3. The molecule has 1 atom stereocenters. The lowest BCUT2D eigenvalue weighted by Gasteiger charge is -2.15. The molecule has 5 nitrogen and oxygen atoms in total. The van der Waals surface area contributed by atoms with Gasteiger partial charge in [0.2, 0.25) is 11.8 Å². The molecule has 0 radical (unpaired) electrons. The first-order chi connectivity index (χ1) is 6.82. The zero-order chi connectivity index (χ0) is 12.0. The van der Waals surface area contributed by atoms with E-state index < -0.39 is 12.1 Å². The zero-order valence-corrected chi connectivity index (χ0v) is 9.22. The summed E-state index contributed by atoms with van der Waals surface area (Å²) in [6.45, 7) is 7.97. The first-order valence-electron chi connectivity index (χ1n) is 4.58. The number of hydrogen-bond donors (Lipinski definition) is 2. The third kappa shape index (κ3) is 6.42. The Morgan fingerprint density at radius 2 is 1.73 bits per heavy atom. The SMILES string of the molecule is C=C(C)C(=O)NC(C)NC(=O)CC(C)=O. The molecule has 0 aliphatic heterocycles. The second-order valence-electron chi connectivity index (χ2n) is 3.42. The lowest BCUT2D eigenvalue weighted by Crippen LogP contribution is -2.46. The molecule has 0 aliphatic carbocycles. The van der Waals surface area contributed by atoms with Gasteiger partial charge in [-0.3, -0.25) is 14.4 Å². The predicted molar refractivity (Wildman–Crippen MR) is 55.9 cm³/mol. The standard InChI is InChI=1S/C10H16N2O3/c1-6(2)10(15)12-8(4)11-9(14)5-7(3)13/h8H,1,5H2,2-4H3,(H,11,14)(H,12,15). The summed E-state index contributed by atoms with van der Waals surface area (Å²) in [4.78, 5) is 32.8. The minimum atomic E-state index is -0.513. The van der Waals surface area contributed by atoms with Gasteiger partial charge in [-0.15, -0.1) is 0 Å². The summed E-state index contributed by atoms with van der Waals surface area (Å²) in [7, 11) is 0. The molecule has 5 heteroatoms. The molecule has 0 saturated heterocycles. The molecule has 0 aromatic rings. The highest BCUT2D eigenvalue weighted by molar-refractivity contribution is 5.97. The van der Waals surface area contributed by atoms with Crippen LogP contribution in [0.4, 0.5) is 0 Å². The first-order valence-corrected chi connectivity index (χ1v) is 4.58. The monoisotopic (exact) mass is 212 g/mol. The Balaban J connectivity index is 3.98. The van der Waals surface area contributed by atoms with Crippen LogP contribution in [0.5, 0.6) is 0 Å². The van der Waals surface area contributed by atoms with Gasteiger partial charge in [0.25, 0.3) is 0 Å². The molecule has 0 spiro atoms. The van der Waals surface area contributed by atoms with E-state index in [-0.39, 0.29) is 18.1 Å². The first kappa shape index (κ1) is 13.4. The van der Waals surface area contributed by atoms with Crippen LogP contribution < -0.4 is 10.6 Å². The van der Waals surface area contributed by atoms with Crippen LogP contribution >= 0.6 is 0 Å². The van der Waals surface area contributed by atoms with E-state index in [1.54, 1.807) is 13.8 Å². The molecule has 0 fully saturated rings. The molecule has 15 heavy (non-hydrogen) atoms. The van der Waals surface area contributed by atoms with Gasteiger partial charge in [-0.2, -0.15) is 0 Å². The molecule has 84 valence electrons. The maximum Gasteiger partial charge on any atom is 0.247 e. The molecule has 0 aromatic heterocycles. The fraction of sp³-hybridized carbons (Fsp3) is 0.500. The van der Waals surface area contributed by atoms with Gasteiger partial charge in [0, 0.05) is 5.57 Å². The third-order valence-electron chi connectivity index (χ3n) is 1.52. The van der Waals surface area contributed by atoms with Crippen LogP contribution in [-0.4, -0.2) is 23.8 Å². The fourth-order valence-corrected chi connectivity index (χ4v) is 0.875. The maximum absolute atomic E-state index is 11.1. The molecule has 0 aromatic carbocycles. The van der Waals surface area contributed by atoms with Crippen molar-refractivity contribution in [3.8, 4) is 0 Å². The van der Waals surface area contributed by atoms with Gasteiger partial charge in [-0.25, -0.2) is 0 Å². The van der Waals surface area contributed by atoms with Gasteiger partial charge in [0.05, 0.1) is 12.6 Å². The number of carbonyl (C=O) groups excluding carboxylic acids is 3. The van der Waals surface area contributed by atoms with Crippen LogP contribution in [0.1, 0.15) is 27.2 Å². The van der Waals surface area contributed by atoms with Crippen molar-refractivity contribution in [1.29, 1.82) is 0 Å². The van der Waals surface area contributed by atoms with Crippen LogP contribution in [0, 0.1) is 0 Å². The summed E-state index contributed by atoms with van der Waals surface area (Å²) < 4.78 is 0. The second kappa shape index (κ2) is 5.95. The van der Waals surface area contributed by atoms with E-state index in [1.165, 1.54) is 6.92 Å². The number of amides is 2. The van der Waals surface area contributed by atoms with Crippen LogP contribution in [-0.2, 0) is 14.4 Å². The number of rotatable bonds is 5. The van der Waals surface area contributed by atoms with E-state index in [1.807, 2.05) is 0 Å². The van der Waals surface area contributed by atoms with Crippen molar-refractivity contribution in [3.63, 3.8) is 0 Å². The van der Waals surface area contributed by atoms with Gasteiger partial charge < -0.3 is 10.6 Å². The normalized spacial score (nSPS) is 11.4. The van der Waals surface area contributed by atoms with Crippen LogP contribution in [0.25, 0.3) is 0 Å². The van der Waals surface area contributed by atoms with Crippen molar-refractivity contribution >= 4 is 17.6 Å². The lowest BCUT2D eigenvalue weighted by molar-refractivity contribution is -0.127. The largest absolute Gasteiger partial charge is 0.336 e. The minimum absolute atomic E-state index is 0.173. The maximum atomic E-state index is 11.1. The summed E-state index contributed by atoms with van der Waals surface area (Å²) in [5, 5.41) is 4.97. The molecule has 0 rings (SSSR count). The molecular weight excluding hydrogens is 196 g/mol. The summed E-state index contributed by atoms with van der Waals surface area (Å²) in [6, 6.07) is 0. The van der Waals surface area contributed by atoms with Crippen molar-refractivity contribution in [1.82, 2.24) is 10.6 Å². The highest BCUT2D eigenvalue weighted by Crippen LogP contribution is 1.89. The average molecular weight is 212 g/mol. The number of ketones is 1. The molecule has 0 saturated carbocycles. The van der Waals surface area contributed by atoms with Crippen LogP contribution in [0.15, 0.2) is 12.2 Å². The third-order valence-corrected chi connectivity index (χ3v) is 1.52. The number of carbonyl (C=O) groups is 3. The Labute approximate surface area is 88.9 Å². The van der Waals surface area contributed by atoms with Gasteiger partial charge in [-0.05, 0) is 20.8 Å². The Morgan fingerprint density at radius 1 is 1.20 bits per heavy atom. The van der Waals surface area contributed by atoms with Crippen molar-refractivity contribution in [3.05, 3.63) is 12.2 Å². The highest BCUT2D eigenvalue weighted by Gasteiger charge is 2.11. The Kier molecular flexibility index (Phi) is 5.30.